The fraction of sp³-hybridized carbons (Fsp3) is 0.400. The van der Waals surface area contributed by atoms with Crippen molar-refractivity contribution in [3.8, 4) is 11.5 Å². The van der Waals surface area contributed by atoms with Crippen LogP contribution in [0.3, 0.4) is 0 Å². The van der Waals surface area contributed by atoms with Crippen LogP contribution in [-0.4, -0.2) is 30.4 Å². The Labute approximate surface area is 123 Å². The molecule has 0 aliphatic carbocycles. The summed E-state index contributed by atoms with van der Waals surface area (Å²) in [6.07, 6.45) is 3.08. The zero-order valence-corrected chi connectivity index (χ0v) is 12.5. The molecule has 0 radical (unpaired) electrons. The Morgan fingerprint density at radius 1 is 1.24 bits per heavy atom. The first kappa shape index (κ1) is 15.2. The van der Waals surface area contributed by atoms with Crippen LogP contribution in [0.4, 0.5) is 0 Å². The molecule has 1 atom stereocenters. The largest absolute Gasteiger partial charge is 0.493 e. The average Bonchev–Trinajstić information content (AvgIpc) is 2.91. The number of ether oxygens (including phenoxy) is 3. The molecule has 114 valence electrons. The van der Waals surface area contributed by atoms with Crippen LogP contribution in [0.2, 0.25) is 0 Å². The summed E-state index contributed by atoms with van der Waals surface area (Å²) in [5, 5.41) is 0. The summed E-state index contributed by atoms with van der Waals surface area (Å²) in [7, 11) is 3.19. The first-order valence-electron chi connectivity index (χ1n) is 6.77. The van der Waals surface area contributed by atoms with Crippen LogP contribution in [0, 0.1) is 0 Å². The summed E-state index contributed by atoms with van der Waals surface area (Å²) in [5.74, 6) is 1.30. The zero-order chi connectivity index (χ0) is 15.2. The van der Waals surface area contributed by atoms with E-state index in [1.807, 2.05) is 25.1 Å². The monoisotopic (exact) mass is 292 g/mol. The highest BCUT2D eigenvalue weighted by molar-refractivity contribution is 5.43. The number of hydrogen-bond acceptors (Lipinski definition) is 4. The number of nitrogens with zero attached hydrogens (tertiary/aromatic N) is 1. The van der Waals surface area contributed by atoms with Gasteiger partial charge < -0.3 is 19.2 Å². The van der Waals surface area contributed by atoms with E-state index in [0.717, 1.165) is 5.56 Å². The van der Waals surface area contributed by atoms with Gasteiger partial charge in [0.25, 0.3) is 0 Å². The highest BCUT2D eigenvalue weighted by atomic mass is 16.5. The summed E-state index contributed by atoms with van der Waals surface area (Å²) in [4.78, 5) is 14.2. The van der Waals surface area contributed by atoms with E-state index in [9.17, 15) is 4.79 Å². The van der Waals surface area contributed by atoms with E-state index in [1.165, 1.54) is 0 Å². The average molecular weight is 292 g/mol. The van der Waals surface area contributed by atoms with Gasteiger partial charge in [-0.25, -0.2) is 4.79 Å². The van der Waals surface area contributed by atoms with E-state index in [0.29, 0.717) is 24.7 Å². The predicted molar refractivity (Wildman–Crippen MR) is 79.0 cm³/mol. The van der Waals surface area contributed by atoms with Crippen molar-refractivity contribution in [3.05, 3.63) is 46.6 Å². The SMILES string of the molecule is CCOC(Cn1cc[nH]c1=O)c1ccc(OC)c(OC)c1. The maximum absolute atomic E-state index is 11.6. The van der Waals surface area contributed by atoms with E-state index in [-0.39, 0.29) is 11.8 Å². The van der Waals surface area contributed by atoms with Crippen LogP contribution in [0.15, 0.2) is 35.4 Å². The lowest BCUT2D eigenvalue weighted by molar-refractivity contribution is 0.0489. The highest BCUT2D eigenvalue weighted by Gasteiger charge is 2.16. The van der Waals surface area contributed by atoms with Crippen LogP contribution in [0.5, 0.6) is 11.5 Å². The smallest absolute Gasteiger partial charge is 0.325 e. The lowest BCUT2D eigenvalue weighted by atomic mass is 10.1. The van der Waals surface area contributed by atoms with Crippen LogP contribution < -0.4 is 15.2 Å². The minimum atomic E-state index is -0.233. The fourth-order valence-corrected chi connectivity index (χ4v) is 2.18. The highest BCUT2D eigenvalue weighted by Crippen LogP contribution is 2.31. The second kappa shape index (κ2) is 6.99. The number of methoxy groups -OCH3 is 2. The molecule has 0 saturated carbocycles. The predicted octanol–water partition coefficient (Wildman–Crippen LogP) is 1.97. The Kier molecular flexibility index (Phi) is 5.05. The summed E-state index contributed by atoms with van der Waals surface area (Å²) in [6, 6.07) is 5.62. The molecule has 0 aliphatic heterocycles. The van der Waals surface area contributed by atoms with Crippen molar-refractivity contribution in [3.63, 3.8) is 0 Å². The minimum absolute atomic E-state index is 0.153. The van der Waals surface area contributed by atoms with Crippen molar-refractivity contribution in [2.45, 2.75) is 19.6 Å². The Hall–Kier alpha value is -2.21. The van der Waals surface area contributed by atoms with Crippen molar-refractivity contribution >= 4 is 0 Å². The molecular formula is C15H20N2O4. The van der Waals surface area contributed by atoms with Gasteiger partial charge in [-0.1, -0.05) is 6.07 Å². The molecule has 0 fully saturated rings. The number of aromatic amines is 1. The van der Waals surface area contributed by atoms with Gasteiger partial charge in [-0.05, 0) is 24.6 Å². The van der Waals surface area contributed by atoms with Gasteiger partial charge in [-0.15, -0.1) is 0 Å². The van der Waals surface area contributed by atoms with E-state index in [2.05, 4.69) is 4.98 Å². The Balaban J connectivity index is 2.29. The summed E-state index contributed by atoms with van der Waals surface area (Å²) in [5.41, 5.74) is 0.780. The van der Waals surface area contributed by atoms with Crippen LogP contribution in [0.1, 0.15) is 18.6 Å². The maximum Gasteiger partial charge on any atom is 0.325 e. The molecule has 6 heteroatoms. The molecule has 0 bridgehead atoms. The lowest BCUT2D eigenvalue weighted by Gasteiger charge is -2.19. The number of nitrogens with one attached hydrogen (secondary N) is 1. The number of rotatable bonds is 7. The van der Waals surface area contributed by atoms with Crippen LogP contribution >= 0.6 is 0 Å². The topological polar surface area (TPSA) is 65.5 Å². The van der Waals surface area contributed by atoms with E-state index in [4.69, 9.17) is 14.2 Å². The van der Waals surface area contributed by atoms with Gasteiger partial charge in [0.2, 0.25) is 0 Å². The van der Waals surface area contributed by atoms with E-state index >= 15 is 0 Å². The molecular weight excluding hydrogens is 272 g/mol. The third kappa shape index (κ3) is 3.46. The quantitative estimate of drug-likeness (QED) is 0.847. The third-order valence-electron chi connectivity index (χ3n) is 3.23. The molecule has 2 rings (SSSR count). The molecule has 1 N–H and O–H groups in total. The molecule has 6 nitrogen and oxygen atoms in total. The first-order chi connectivity index (χ1) is 10.2. The van der Waals surface area contributed by atoms with Gasteiger partial charge in [0, 0.05) is 19.0 Å². The molecule has 1 aromatic heterocycles. The molecule has 21 heavy (non-hydrogen) atoms. The molecule has 0 spiro atoms. The van der Waals surface area contributed by atoms with Crippen LogP contribution in [0.25, 0.3) is 0 Å². The normalized spacial score (nSPS) is 12.1. The Morgan fingerprint density at radius 2 is 2.00 bits per heavy atom. The van der Waals surface area contributed by atoms with Crippen molar-refractivity contribution < 1.29 is 14.2 Å². The van der Waals surface area contributed by atoms with Gasteiger partial charge >= 0.3 is 5.69 Å². The second-order valence-electron chi connectivity index (χ2n) is 4.48. The van der Waals surface area contributed by atoms with Gasteiger partial charge in [0.1, 0.15) is 6.10 Å². The van der Waals surface area contributed by atoms with Gasteiger partial charge in [0.15, 0.2) is 11.5 Å². The van der Waals surface area contributed by atoms with Crippen molar-refractivity contribution in [1.82, 2.24) is 9.55 Å². The second-order valence-corrected chi connectivity index (χ2v) is 4.48. The molecule has 1 heterocycles. The molecule has 0 saturated heterocycles. The third-order valence-corrected chi connectivity index (χ3v) is 3.23. The summed E-state index contributed by atoms with van der Waals surface area (Å²) < 4.78 is 17.9. The molecule has 2 aromatic rings. The standard InChI is InChI=1S/C15H20N2O4/c1-4-21-14(10-17-8-7-16-15(17)18)11-5-6-12(19-2)13(9-11)20-3/h5-9,14H,4,10H2,1-3H3,(H,16,18). The van der Waals surface area contributed by atoms with Crippen LogP contribution in [-0.2, 0) is 11.3 Å². The Bertz CT molecular complexity index is 633. The van der Waals surface area contributed by atoms with Gasteiger partial charge in [0.05, 0.1) is 20.8 Å². The van der Waals surface area contributed by atoms with Gasteiger partial charge in [-0.2, -0.15) is 0 Å². The summed E-state index contributed by atoms with van der Waals surface area (Å²) >= 11 is 0. The van der Waals surface area contributed by atoms with E-state index in [1.54, 1.807) is 31.2 Å². The maximum atomic E-state index is 11.6. The number of hydrogen-bond donors (Lipinski definition) is 1. The fourth-order valence-electron chi connectivity index (χ4n) is 2.18. The van der Waals surface area contributed by atoms with Crippen molar-refractivity contribution in [2.75, 3.05) is 20.8 Å². The number of benzene rings is 1. The van der Waals surface area contributed by atoms with E-state index < -0.39 is 0 Å². The number of aromatic nitrogens is 2. The minimum Gasteiger partial charge on any atom is -0.493 e. The molecule has 0 amide bonds. The van der Waals surface area contributed by atoms with Gasteiger partial charge in [-0.3, -0.25) is 4.57 Å². The molecule has 1 unspecified atom stereocenters. The zero-order valence-electron chi connectivity index (χ0n) is 12.5. The number of H-pyrrole nitrogens is 1. The molecule has 0 aliphatic rings. The van der Waals surface area contributed by atoms with Crippen molar-refractivity contribution in [1.29, 1.82) is 0 Å². The first-order valence-corrected chi connectivity index (χ1v) is 6.77. The summed E-state index contributed by atoms with van der Waals surface area (Å²) in [6.45, 7) is 2.91. The van der Waals surface area contributed by atoms with Crippen molar-refractivity contribution in [2.24, 2.45) is 0 Å². The number of imidazole rings is 1. The Morgan fingerprint density at radius 3 is 2.57 bits per heavy atom. The molecule has 1 aromatic carbocycles. The lowest BCUT2D eigenvalue weighted by Crippen LogP contribution is -2.21.